The summed E-state index contributed by atoms with van der Waals surface area (Å²) in [6.07, 6.45) is -16.4. The molecule has 17 nitrogen and oxygen atoms in total. The molecular weight excluding hydrogens is 656 g/mol. The van der Waals surface area contributed by atoms with Crippen molar-refractivity contribution in [3.05, 3.63) is 47.5 Å². The van der Waals surface area contributed by atoms with Crippen LogP contribution in [0.25, 0.3) is 0 Å². The molecule has 12 atom stereocenters. The average molecular weight is 703 g/mol. The van der Waals surface area contributed by atoms with Crippen LogP contribution in [-0.4, -0.2) is 164 Å². The summed E-state index contributed by atoms with van der Waals surface area (Å²) in [4.78, 5) is 0. The number of aliphatic hydroxyl groups excluding tert-OH is 8. The van der Waals surface area contributed by atoms with Gasteiger partial charge in [-0.2, -0.15) is 0 Å². The van der Waals surface area contributed by atoms with Gasteiger partial charge in [0, 0.05) is 12.3 Å². The van der Waals surface area contributed by atoms with Crippen LogP contribution >= 0.6 is 0 Å². The summed E-state index contributed by atoms with van der Waals surface area (Å²) < 4.78 is 33.2. The van der Waals surface area contributed by atoms with Crippen molar-refractivity contribution < 1.29 is 84.6 Å². The van der Waals surface area contributed by atoms with E-state index in [9.17, 15) is 56.2 Å². The number of ether oxygens (including phenoxy) is 6. The van der Waals surface area contributed by atoms with Crippen LogP contribution in [0.15, 0.2) is 36.4 Å². The molecule has 2 aliphatic heterocycles. The summed E-state index contributed by atoms with van der Waals surface area (Å²) in [6, 6.07) is 8.76. The molecule has 0 aliphatic carbocycles. The van der Waals surface area contributed by atoms with Crippen LogP contribution < -0.4 is 9.47 Å². The van der Waals surface area contributed by atoms with E-state index in [-0.39, 0.29) is 35.8 Å². The van der Waals surface area contributed by atoms with E-state index in [1.165, 1.54) is 44.6 Å². The summed E-state index contributed by atoms with van der Waals surface area (Å²) in [5.74, 6) is -1.16. The maximum Gasteiger partial charge on any atom is 0.186 e. The number of hydrogen-bond donors (Lipinski definition) is 11. The van der Waals surface area contributed by atoms with Gasteiger partial charge >= 0.3 is 0 Å². The molecule has 4 rings (SSSR count). The Balaban J connectivity index is 1.71. The topological polar surface area (TPSA) is 278 Å². The summed E-state index contributed by atoms with van der Waals surface area (Å²) in [7, 11) is 2.68. The molecule has 2 fully saturated rings. The van der Waals surface area contributed by atoms with E-state index in [2.05, 4.69) is 0 Å². The lowest BCUT2D eigenvalue weighted by atomic mass is 9.79. The van der Waals surface area contributed by atoms with Crippen LogP contribution in [-0.2, 0) is 31.8 Å². The second kappa shape index (κ2) is 16.9. The van der Waals surface area contributed by atoms with Crippen molar-refractivity contribution in [3.8, 4) is 23.0 Å². The molecule has 276 valence electrons. The predicted molar refractivity (Wildman–Crippen MR) is 165 cm³/mol. The number of methoxy groups -OCH3 is 2. The van der Waals surface area contributed by atoms with Gasteiger partial charge in [-0.25, -0.2) is 0 Å². The average Bonchev–Trinajstić information content (AvgIpc) is 3.09. The number of aliphatic hydroxyl groups is 9. The highest BCUT2D eigenvalue weighted by molar-refractivity contribution is 5.43. The highest BCUT2D eigenvalue weighted by Gasteiger charge is 2.48. The maximum absolute atomic E-state index is 12.5. The Morgan fingerprint density at radius 3 is 1.63 bits per heavy atom. The molecule has 17 heteroatoms. The quantitative estimate of drug-likeness (QED) is 0.0876. The van der Waals surface area contributed by atoms with Crippen molar-refractivity contribution in [2.24, 2.45) is 5.92 Å². The fourth-order valence-corrected chi connectivity index (χ4v) is 5.88. The van der Waals surface area contributed by atoms with Gasteiger partial charge in [-0.3, -0.25) is 0 Å². The molecule has 1 unspecified atom stereocenters. The third-order valence-corrected chi connectivity index (χ3v) is 8.90. The Morgan fingerprint density at radius 2 is 1.14 bits per heavy atom. The Hall–Kier alpha value is -2.88. The first-order chi connectivity index (χ1) is 23.3. The number of phenolic OH excluding ortho intramolecular Hbond substituents is 2. The van der Waals surface area contributed by atoms with E-state index < -0.39 is 99.4 Å². The first kappa shape index (κ1) is 38.9. The number of rotatable bonds is 15. The van der Waals surface area contributed by atoms with Crippen LogP contribution in [0.1, 0.15) is 11.1 Å². The SMILES string of the molecule is COc1cc(C[C@H](CO[C@@H]2O[C@H](CO)[C@@H](O)[C@H](O)[C@H]2O)C(O)(CO[C@@H]2O[C@H](CO)[C@@H](O)[C@H](O)[C@H]2O)Cc2ccc(O)c(OC)c2)ccc1O. The van der Waals surface area contributed by atoms with Crippen molar-refractivity contribution in [1.82, 2.24) is 0 Å². The summed E-state index contributed by atoms with van der Waals surface area (Å²) in [6.45, 7) is -2.51. The molecule has 2 heterocycles. The third kappa shape index (κ3) is 8.89. The van der Waals surface area contributed by atoms with Gasteiger partial charge in [0.15, 0.2) is 35.6 Å². The van der Waals surface area contributed by atoms with Crippen LogP contribution in [0.2, 0.25) is 0 Å². The molecule has 0 bridgehead atoms. The lowest BCUT2D eigenvalue weighted by Crippen LogP contribution is -2.60. The highest BCUT2D eigenvalue weighted by Crippen LogP contribution is 2.35. The number of phenols is 2. The van der Waals surface area contributed by atoms with Gasteiger partial charge in [0.05, 0.1) is 46.2 Å². The largest absolute Gasteiger partial charge is 0.504 e. The molecule has 2 aromatic rings. The Kier molecular flexibility index (Phi) is 13.4. The molecule has 0 saturated carbocycles. The molecule has 2 aromatic carbocycles. The third-order valence-electron chi connectivity index (χ3n) is 8.90. The van der Waals surface area contributed by atoms with Gasteiger partial charge in [0.1, 0.15) is 48.8 Å². The van der Waals surface area contributed by atoms with Gasteiger partial charge in [-0.05, 0) is 41.8 Å². The molecule has 11 N–H and O–H groups in total. The van der Waals surface area contributed by atoms with E-state index >= 15 is 0 Å². The first-order valence-corrected chi connectivity index (χ1v) is 15.5. The fraction of sp³-hybridized carbons (Fsp3) is 0.625. The smallest absolute Gasteiger partial charge is 0.186 e. The van der Waals surface area contributed by atoms with Crippen molar-refractivity contribution in [1.29, 1.82) is 0 Å². The molecule has 2 saturated heterocycles. The monoisotopic (exact) mass is 702 g/mol. The Labute approximate surface area is 281 Å². The summed E-state index contributed by atoms with van der Waals surface area (Å²) in [5, 5.41) is 114. The number of benzene rings is 2. The standard InChI is InChI=1S/C32H46O17/c1-44-20-8-15(3-5-18(20)35)7-17(13-46-30-28(41)26(39)24(37)22(11-33)48-30)32(43,10-16-4-6-19(36)21(9-16)45-2)14-47-31-29(42)27(40)25(38)23(12-34)49-31/h3-6,8-9,17,22-31,33-43H,7,10-14H2,1-2H3/t17-,22-,23-,24-,25-,26+,27+,28-,29-,30-,31-,32?/m1/s1. The van der Waals surface area contributed by atoms with E-state index in [0.717, 1.165) is 0 Å². The van der Waals surface area contributed by atoms with Gasteiger partial charge in [-0.1, -0.05) is 12.1 Å². The lowest BCUT2D eigenvalue weighted by molar-refractivity contribution is -0.316. The minimum atomic E-state index is -2.01. The molecular formula is C32H46O17. The molecule has 49 heavy (non-hydrogen) atoms. The molecule has 0 spiro atoms. The summed E-state index contributed by atoms with van der Waals surface area (Å²) in [5.41, 5.74) is -1.07. The van der Waals surface area contributed by atoms with Crippen molar-refractivity contribution in [3.63, 3.8) is 0 Å². The number of hydrogen-bond acceptors (Lipinski definition) is 17. The van der Waals surface area contributed by atoms with Crippen LogP contribution in [0, 0.1) is 5.92 Å². The van der Waals surface area contributed by atoms with Crippen LogP contribution in [0.5, 0.6) is 23.0 Å². The minimum absolute atomic E-state index is 0.0299. The fourth-order valence-electron chi connectivity index (χ4n) is 5.88. The summed E-state index contributed by atoms with van der Waals surface area (Å²) >= 11 is 0. The van der Waals surface area contributed by atoms with Crippen LogP contribution in [0.3, 0.4) is 0 Å². The van der Waals surface area contributed by atoms with E-state index in [4.69, 9.17) is 28.4 Å². The highest BCUT2D eigenvalue weighted by atomic mass is 16.7. The normalized spacial score (nSPS) is 32.3. The van der Waals surface area contributed by atoms with Gasteiger partial charge in [0.25, 0.3) is 0 Å². The van der Waals surface area contributed by atoms with Crippen molar-refractivity contribution >= 4 is 0 Å². The van der Waals surface area contributed by atoms with Crippen molar-refractivity contribution in [2.45, 2.75) is 79.9 Å². The second-order valence-corrected chi connectivity index (χ2v) is 12.2. The molecule has 2 aliphatic rings. The van der Waals surface area contributed by atoms with Gasteiger partial charge in [0.2, 0.25) is 0 Å². The Morgan fingerprint density at radius 1 is 0.673 bits per heavy atom. The van der Waals surface area contributed by atoms with E-state index in [1.807, 2.05) is 0 Å². The number of aromatic hydroxyl groups is 2. The second-order valence-electron chi connectivity index (χ2n) is 12.2. The lowest BCUT2D eigenvalue weighted by Gasteiger charge is -2.43. The zero-order valence-electron chi connectivity index (χ0n) is 26.9. The van der Waals surface area contributed by atoms with Gasteiger partial charge in [-0.15, -0.1) is 0 Å². The maximum atomic E-state index is 12.5. The molecule has 0 aromatic heterocycles. The van der Waals surface area contributed by atoms with Gasteiger partial charge < -0.3 is 84.6 Å². The van der Waals surface area contributed by atoms with Crippen LogP contribution in [0.4, 0.5) is 0 Å². The zero-order chi connectivity index (χ0) is 36.0. The predicted octanol–water partition coefficient (Wildman–Crippen LogP) is -3.12. The molecule has 0 amide bonds. The first-order valence-electron chi connectivity index (χ1n) is 15.5. The zero-order valence-corrected chi connectivity index (χ0v) is 26.9. The molecule has 0 radical (unpaired) electrons. The van der Waals surface area contributed by atoms with E-state index in [1.54, 1.807) is 6.07 Å². The van der Waals surface area contributed by atoms with Crippen molar-refractivity contribution in [2.75, 3.05) is 40.6 Å². The Bertz CT molecular complexity index is 1340. The van der Waals surface area contributed by atoms with E-state index in [0.29, 0.717) is 11.1 Å². The minimum Gasteiger partial charge on any atom is -0.504 e.